The number of hydrogen-bond acceptors (Lipinski definition) is 11. The van der Waals surface area contributed by atoms with Gasteiger partial charge in [-0.1, -0.05) is 40.2 Å². The number of methoxy groups -OCH3 is 1. The number of nitrogens with one attached hydrogen (secondary N) is 1. The van der Waals surface area contributed by atoms with E-state index in [1.54, 1.807) is 6.07 Å². The molecule has 0 saturated heterocycles. The molecule has 0 spiro atoms. The van der Waals surface area contributed by atoms with Gasteiger partial charge < -0.3 is 33.7 Å². The van der Waals surface area contributed by atoms with Crippen LogP contribution >= 0.6 is 0 Å². The highest BCUT2D eigenvalue weighted by atomic mass is 16.7. The summed E-state index contributed by atoms with van der Waals surface area (Å²) in [4.78, 5) is 48.2. The molecule has 0 aliphatic rings. The van der Waals surface area contributed by atoms with Gasteiger partial charge >= 0.3 is 24.2 Å². The second-order valence-electron chi connectivity index (χ2n) is 8.35. The highest BCUT2D eigenvalue weighted by molar-refractivity contribution is 5.76. The van der Waals surface area contributed by atoms with Crippen LogP contribution in [0.1, 0.15) is 58.9 Å². The highest BCUT2D eigenvalue weighted by Crippen LogP contribution is 2.30. The third kappa shape index (κ3) is 13.0. The Morgan fingerprint density at radius 2 is 1.49 bits per heavy atom. The minimum absolute atomic E-state index is 0.0471. The number of rotatable bonds is 16. The van der Waals surface area contributed by atoms with Gasteiger partial charge in [0.05, 0.1) is 20.3 Å². The van der Waals surface area contributed by atoms with Crippen LogP contribution in [0.4, 0.5) is 9.59 Å². The third-order valence-corrected chi connectivity index (χ3v) is 5.14. The van der Waals surface area contributed by atoms with E-state index in [9.17, 15) is 19.2 Å². The van der Waals surface area contributed by atoms with E-state index >= 15 is 0 Å². The molecule has 0 radical (unpaired) electrons. The van der Waals surface area contributed by atoms with Crippen molar-refractivity contribution in [2.24, 2.45) is 5.92 Å². The Labute approximate surface area is 218 Å². The van der Waals surface area contributed by atoms with Crippen molar-refractivity contribution in [3.05, 3.63) is 23.8 Å². The average molecular weight is 526 g/mol. The summed E-state index contributed by atoms with van der Waals surface area (Å²) in [7, 11) is 1.26. The fourth-order valence-electron chi connectivity index (χ4n) is 2.96. The lowest BCUT2D eigenvalue weighted by Crippen LogP contribution is -2.41. The van der Waals surface area contributed by atoms with E-state index in [0.29, 0.717) is 24.8 Å². The van der Waals surface area contributed by atoms with Crippen LogP contribution in [0.15, 0.2) is 18.2 Å². The number of carbonyl (C=O) groups excluding carboxylic acids is 4. The van der Waals surface area contributed by atoms with Gasteiger partial charge in [-0.2, -0.15) is 0 Å². The molecule has 0 saturated carbocycles. The molecule has 0 bridgehead atoms. The van der Waals surface area contributed by atoms with E-state index in [-0.39, 0.29) is 56.2 Å². The molecular weight excluding hydrogens is 486 g/mol. The van der Waals surface area contributed by atoms with Crippen molar-refractivity contribution in [1.82, 2.24) is 5.32 Å². The van der Waals surface area contributed by atoms with Crippen LogP contribution in [0.2, 0.25) is 0 Å². The van der Waals surface area contributed by atoms with Gasteiger partial charge in [0.25, 0.3) is 0 Å². The summed E-state index contributed by atoms with van der Waals surface area (Å²) in [6, 6.07) is 3.71. The van der Waals surface area contributed by atoms with Crippen molar-refractivity contribution in [2.45, 2.75) is 65.8 Å². The standard InChI is InChI=1S/C26H39NO10/c1-6-12-34-25(30)36-21-10-9-19(17-22(21)37-26(31)35-13-7-2)16-20(24(29)32-5)27-11-14-33-23(28)15-18(4)8-3/h9-10,17-18,20,27H,6-8,11-16H2,1-5H3/t18?,20-/m0/s1. The molecule has 0 aliphatic carbocycles. The molecule has 0 aromatic heterocycles. The van der Waals surface area contributed by atoms with Gasteiger partial charge in [0, 0.05) is 13.0 Å². The molecule has 1 rings (SSSR count). The topological polar surface area (TPSA) is 136 Å². The average Bonchev–Trinajstić information content (AvgIpc) is 2.88. The Morgan fingerprint density at radius 3 is 2.05 bits per heavy atom. The van der Waals surface area contributed by atoms with E-state index in [0.717, 1.165) is 6.42 Å². The normalized spacial score (nSPS) is 12.1. The molecule has 11 heteroatoms. The fraction of sp³-hybridized carbons (Fsp3) is 0.615. The first-order chi connectivity index (χ1) is 17.7. The summed E-state index contributed by atoms with van der Waals surface area (Å²) in [5.74, 6) is -0.710. The number of benzene rings is 1. The van der Waals surface area contributed by atoms with Crippen molar-refractivity contribution < 1.29 is 47.6 Å². The Balaban J connectivity index is 2.92. The molecule has 1 N–H and O–H groups in total. The maximum Gasteiger partial charge on any atom is 0.513 e. The van der Waals surface area contributed by atoms with Gasteiger partial charge in [-0.3, -0.25) is 9.59 Å². The second-order valence-corrected chi connectivity index (χ2v) is 8.35. The van der Waals surface area contributed by atoms with Gasteiger partial charge in [-0.05, 0) is 42.9 Å². The highest BCUT2D eigenvalue weighted by Gasteiger charge is 2.22. The number of esters is 2. The lowest BCUT2D eigenvalue weighted by molar-refractivity contribution is -0.144. The predicted octanol–water partition coefficient (Wildman–Crippen LogP) is 4.19. The molecule has 0 amide bonds. The zero-order valence-electron chi connectivity index (χ0n) is 22.3. The van der Waals surface area contributed by atoms with Gasteiger partial charge in [0.2, 0.25) is 0 Å². The van der Waals surface area contributed by atoms with E-state index in [2.05, 4.69) is 5.32 Å². The molecule has 11 nitrogen and oxygen atoms in total. The Kier molecular flexibility index (Phi) is 15.4. The van der Waals surface area contributed by atoms with Crippen molar-refractivity contribution in [2.75, 3.05) is 33.5 Å². The monoisotopic (exact) mass is 525 g/mol. The Morgan fingerprint density at radius 1 is 0.865 bits per heavy atom. The van der Waals surface area contributed by atoms with Gasteiger partial charge in [-0.15, -0.1) is 0 Å². The van der Waals surface area contributed by atoms with Crippen molar-refractivity contribution in [3.8, 4) is 11.5 Å². The smallest absolute Gasteiger partial charge is 0.468 e. The minimum Gasteiger partial charge on any atom is -0.468 e. The largest absolute Gasteiger partial charge is 0.513 e. The van der Waals surface area contributed by atoms with E-state index in [1.165, 1.54) is 19.2 Å². The van der Waals surface area contributed by atoms with Gasteiger partial charge in [-0.25, -0.2) is 9.59 Å². The summed E-state index contributed by atoms with van der Waals surface area (Å²) in [5, 5.41) is 3.01. The number of carbonyl (C=O) groups is 4. The quantitative estimate of drug-likeness (QED) is 0.144. The maximum absolute atomic E-state index is 12.3. The SMILES string of the molecule is CCCOC(=O)Oc1ccc(C[C@H](NCCOC(=O)CC(C)CC)C(=O)OC)cc1OC(=O)OCCC. The first-order valence-corrected chi connectivity index (χ1v) is 12.5. The van der Waals surface area contributed by atoms with Crippen molar-refractivity contribution >= 4 is 24.2 Å². The van der Waals surface area contributed by atoms with Crippen LogP contribution in [-0.2, 0) is 35.0 Å². The van der Waals surface area contributed by atoms with Crippen LogP contribution in [0.25, 0.3) is 0 Å². The van der Waals surface area contributed by atoms with Crippen LogP contribution in [0.5, 0.6) is 11.5 Å². The van der Waals surface area contributed by atoms with Crippen LogP contribution < -0.4 is 14.8 Å². The fourth-order valence-corrected chi connectivity index (χ4v) is 2.96. The van der Waals surface area contributed by atoms with E-state index in [1.807, 2.05) is 27.7 Å². The zero-order valence-corrected chi connectivity index (χ0v) is 22.3. The first kappa shape index (κ1) is 31.7. The van der Waals surface area contributed by atoms with Crippen LogP contribution in [0, 0.1) is 5.92 Å². The summed E-state index contributed by atoms with van der Waals surface area (Å²) in [5.41, 5.74) is 0.573. The van der Waals surface area contributed by atoms with Gasteiger partial charge in [0.15, 0.2) is 11.5 Å². The molecule has 1 aromatic carbocycles. The lowest BCUT2D eigenvalue weighted by atomic mass is 10.1. The molecule has 1 aromatic rings. The molecule has 208 valence electrons. The zero-order chi connectivity index (χ0) is 27.6. The molecule has 0 fully saturated rings. The minimum atomic E-state index is -0.965. The second kappa shape index (κ2) is 18.0. The Hall–Kier alpha value is -3.34. The third-order valence-electron chi connectivity index (χ3n) is 5.14. The molecule has 0 heterocycles. The van der Waals surface area contributed by atoms with Gasteiger partial charge in [0.1, 0.15) is 12.6 Å². The lowest BCUT2D eigenvalue weighted by Gasteiger charge is -2.18. The molecule has 37 heavy (non-hydrogen) atoms. The molecular formula is C26H39NO10. The van der Waals surface area contributed by atoms with E-state index in [4.69, 9.17) is 28.4 Å². The maximum atomic E-state index is 12.3. The number of hydrogen-bond donors (Lipinski definition) is 1. The van der Waals surface area contributed by atoms with Crippen LogP contribution in [-0.4, -0.2) is 63.8 Å². The van der Waals surface area contributed by atoms with Crippen LogP contribution in [0.3, 0.4) is 0 Å². The Bertz CT molecular complexity index is 873. The summed E-state index contributed by atoms with van der Waals surface area (Å²) < 4.78 is 30.4. The van der Waals surface area contributed by atoms with Crippen molar-refractivity contribution in [3.63, 3.8) is 0 Å². The summed E-state index contributed by atoms with van der Waals surface area (Å²) in [6.45, 7) is 8.28. The van der Waals surface area contributed by atoms with Crippen molar-refractivity contribution in [1.29, 1.82) is 0 Å². The first-order valence-electron chi connectivity index (χ1n) is 12.5. The molecule has 1 unspecified atom stereocenters. The molecule has 2 atom stereocenters. The summed E-state index contributed by atoms with van der Waals surface area (Å²) in [6.07, 6.45) is 0.658. The molecule has 0 aliphatic heterocycles. The van der Waals surface area contributed by atoms with E-state index < -0.39 is 24.3 Å². The predicted molar refractivity (Wildman–Crippen MR) is 134 cm³/mol. The number of ether oxygens (including phenoxy) is 6. The summed E-state index contributed by atoms with van der Waals surface area (Å²) >= 11 is 0.